The maximum atomic E-state index is 13.0. The van der Waals surface area contributed by atoms with Gasteiger partial charge in [0.05, 0.1) is 4.90 Å². The summed E-state index contributed by atoms with van der Waals surface area (Å²) in [4.78, 5) is 2.60. The number of rotatable bonds is 5. The highest BCUT2D eigenvalue weighted by molar-refractivity contribution is 7.89. The van der Waals surface area contributed by atoms with Gasteiger partial charge in [-0.05, 0) is 50.6 Å². The fraction of sp³-hybridized carbons (Fsp3) is 0.429. The van der Waals surface area contributed by atoms with Crippen molar-refractivity contribution < 1.29 is 8.42 Å². The van der Waals surface area contributed by atoms with E-state index in [2.05, 4.69) is 43.1 Å². The number of hydrogen-bond acceptors (Lipinski definition) is 4. The summed E-state index contributed by atoms with van der Waals surface area (Å²) in [5, 5.41) is 3.41. The van der Waals surface area contributed by atoms with Crippen molar-refractivity contribution in [1.82, 2.24) is 9.62 Å². The van der Waals surface area contributed by atoms with Gasteiger partial charge in [0.1, 0.15) is 0 Å². The van der Waals surface area contributed by atoms with Crippen LogP contribution < -0.4 is 10.2 Å². The van der Waals surface area contributed by atoms with Crippen LogP contribution >= 0.6 is 0 Å². The topological polar surface area (TPSA) is 52.7 Å². The van der Waals surface area contributed by atoms with Gasteiger partial charge in [-0.3, -0.25) is 0 Å². The predicted octanol–water partition coefficient (Wildman–Crippen LogP) is 3.09. The van der Waals surface area contributed by atoms with Crippen LogP contribution in [0.25, 0.3) is 0 Å². The number of sulfonamides is 1. The lowest BCUT2D eigenvalue weighted by molar-refractivity contribution is 0.385. The molecule has 1 aliphatic heterocycles. The lowest BCUT2D eigenvalue weighted by Crippen LogP contribution is -2.48. The quantitative estimate of drug-likeness (QED) is 0.857. The second-order valence-corrected chi connectivity index (χ2v) is 9.91. The van der Waals surface area contributed by atoms with Gasteiger partial charge in [-0.1, -0.05) is 30.3 Å². The Labute approximate surface area is 163 Å². The molecule has 1 saturated heterocycles. The van der Waals surface area contributed by atoms with E-state index in [0.29, 0.717) is 31.1 Å². The van der Waals surface area contributed by atoms with Gasteiger partial charge in [0.15, 0.2) is 0 Å². The van der Waals surface area contributed by atoms with Crippen LogP contribution in [0.4, 0.5) is 5.69 Å². The minimum atomic E-state index is -3.44. The maximum Gasteiger partial charge on any atom is 0.243 e. The van der Waals surface area contributed by atoms with Crippen molar-refractivity contribution in [2.24, 2.45) is 0 Å². The van der Waals surface area contributed by atoms with Crippen molar-refractivity contribution >= 4 is 15.7 Å². The molecule has 3 rings (SSSR count). The van der Waals surface area contributed by atoms with Crippen molar-refractivity contribution in [3.63, 3.8) is 0 Å². The Morgan fingerprint density at radius 3 is 2.04 bits per heavy atom. The predicted molar refractivity (Wildman–Crippen MR) is 110 cm³/mol. The van der Waals surface area contributed by atoms with E-state index in [0.717, 1.165) is 17.8 Å². The average molecular weight is 388 g/mol. The Morgan fingerprint density at radius 2 is 1.48 bits per heavy atom. The molecule has 0 unspecified atom stereocenters. The summed E-state index contributed by atoms with van der Waals surface area (Å²) >= 11 is 0. The van der Waals surface area contributed by atoms with E-state index in [9.17, 15) is 8.42 Å². The van der Waals surface area contributed by atoms with E-state index in [1.807, 2.05) is 30.3 Å². The van der Waals surface area contributed by atoms with Crippen LogP contribution in [0.15, 0.2) is 59.5 Å². The average Bonchev–Trinajstić information content (AvgIpc) is 2.67. The lowest BCUT2D eigenvalue weighted by atomic mass is 10.1. The molecule has 0 saturated carbocycles. The minimum Gasteiger partial charge on any atom is -0.369 e. The molecule has 0 spiro atoms. The summed E-state index contributed by atoms with van der Waals surface area (Å²) in [5.41, 5.74) is 2.26. The van der Waals surface area contributed by atoms with E-state index in [1.165, 1.54) is 0 Å². The smallest absolute Gasteiger partial charge is 0.243 e. The van der Waals surface area contributed by atoms with Gasteiger partial charge >= 0.3 is 0 Å². The zero-order chi connectivity index (χ0) is 19.5. The Morgan fingerprint density at radius 1 is 0.889 bits per heavy atom. The normalized spacial score (nSPS) is 16.5. The number of para-hydroxylation sites is 1. The number of benzene rings is 2. The van der Waals surface area contributed by atoms with Gasteiger partial charge in [0, 0.05) is 44.0 Å². The van der Waals surface area contributed by atoms with E-state index in [-0.39, 0.29) is 5.54 Å². The number of nitrogens with one attached hydrogen (secondary N) is 1. The van der Waals surface area contributed by atoms with Crippen molar-refractivity contribution in [3.8, 4) is 0 Å². The molecule has 0 aromatic heterocycles. The number of nitrogens with zero attached hydrogens (tertiary/aromatic N) is 2. The molecule has 0 radical (unpaired) electrons. The van der Waals surface area contributed by atoms with Crippen LogP contribution in [0, 0.1) is 0 Å². The highest BCUT2D eigenvalue weighted by Crippen LogP contribution is 2.21. The minimum absolute atomic E-state index is 0.0309. The molecule has 5 nitrogen and oxygen atoms in total. The van der Waals surface area contributed by atoms with E-state index in [4.69, 9.17) is 0 Å². The molecule has 0 amide bonds. The van der Waals surface area contributed by atoms with Crippen LogP contribution in [0.2, 0.25) is 0 Å². The summed E-state index contributed by atoms with van der Waals surface area (Å²) in [6.45, 7) is 9.48. The van der Waals surface area contributed by atoms with Gasteiger partial charge in [-0.15, -0.1) is 0 Å². The van der Waals surface area contributed by atoms with Gasteiger partial charge in [0.2, 0.25) is 10.0 Å². The molecule has 27 heavy (non-hydrogen) atoms. The second-order valence-electron chi connectivity index (χ2n) is 7.97. The lowest BCUT2D eigenvalue weighted by Gasteiger charge is -2.35. The van der Waals surface area contributed by atoms with Crippen LogP contribution in [0.1, 0.15) is 26.3 Å². The fourth-order valence-electron chi connectivity index (χ4n) is 3.12. The van der Waals surface area contributed by atoms with Gasteiger partial charge < -0.3 is 10.2 Å². The molecule has 1 heterocycles. The Kier molecular flexibility index (Phi) is 5.89. The highest BCUT2D eigenvalue weighted by atomic mass is 32.2. The third-order valence-corrected chi connectivity index (χ3v) is 6.66. The molecule has 1 aliphatic rings. The first-order valence-electron chi connectivity index (χ1n) is 9.40. The molecule has 146 valence electrons. The monoisotopic (exact) mass is 387 g/mol. The molecule has 1 fully saturated rings. The number of piperazine rings is 1. The van der Waals surface area contributed by atoms with Crippen LogP contribution in [0.5, 0.6) is 0 Å². The van der Waals surface area contributed by atoms with Gasteiger partial charge in [-0.2, -0.15) is 4.31 Å². The first kappa shape index (κ1) is 19.9. The summed E-state index contributed by atoms with van der Waals surface area (Å²) in [6, 6.07) is 17.4. The molecular formula is C21H29N3O2S. The van der Waals surface area contributed by atoms with Crippen LogP contribution in [0.3, 0.4) is 0 Å². The molecule has 6 heteroatoms. The molecular weight excluding hydrogens is 358 g/mol. The first-order valence-corrected chi connectivity index (χ1v) is 10.8. The molecule has 2 aromatic rings. The fourth-order valence-corrected chi connectivity index (χ4v) is 4.54. The van der Waals surface area contributed by atoms with Gasteiger partial charge in [0.25, 0.3) is 0 Å². The Hall–Kier alpha value is -1.89. The SMILES string of the molecule is CC(C)(C)NCc1ccc(S(=O)(=O)N2CCN(c3ccccc3)CC2)cc1. The molecule has 1 N–H and O–H groups in total. The number of anilines is 1. The van der Waals surface area contributed by atoms with Crippen molar-refractivity contribution in [2.75, 3.05) is 31.1 Å². The zero-order valence-corrected chi connectivity index (χ0v) is 17.2. The third-order valence-electron chi connectivity index (χ3n) is 4.74. The Balaban J connectivity index is 1.63. The summed E-state index contributed by atoms with van der Waals surface area (Å²) in [7, 11) is -3.44. The van der Waals surface area contributed by atoms with Crippen molar-refractivity contribution in [1.29, 1.82) is 0 Å². The Bertz CT molecular complexity index is 835. The summed E-state index contributed by atoms with van der Waals surface area (Å²) < 4.78 is 27.5. The largest absolute Gasteiger partial charge is 0.369 e. The van der Waals surface area contributed by atoms with Crippen LogP contribution in [-0.2, 0) is 16.6 Å². The first-order chi connectivity index (χ1) is 12.8. The summed E-state index contributed by atoms with van der Waals surface area (Å²) in [5.74, 6) is 0. The maximum absolute atomic E-state index is 13.0. The van der Waals surface area contributed by atoms with E-state index in [1.54, 1.807) is 16.4 Å². The third kappa shape index (κ3) is 5.09. The van der Waals surface area contributed by atoms with Crippen molar-refractivity contribution in [2.45, 2.75) is 37.8 Å². The molecule has 0 aliphatic carbocycles. The summed E-state index contributed by atoms with van der Waals surface area (Å²) in [6.07, 6.45) is 0. The van der Waals surface area contributed by atoms with Gasteiger partial charge in [-0.25, -0.2) is 8.42 Å². The number of hydrogen-bond donors (Lipinski definition) is 1. The zero-order valence-electron chi connectivity index (χ0n) is 16.4. The standard InChI is InChI=1S/C21H29N3O2S/c1-21(2,3)22-17-18-9-11-20(12-10-18)27(25,26)24-15-13-23(14-16-24)19-7-5-4-6-8-19/h4-12,22H,13-17H2,1-3H3. The second kappa shape index (κ2) is 8.00. The molecule has 0 bridgehead atoms. The van der Waals surface area contributed by atoms with E-state index >= 15 is 0 Å². The highest BCUT2D eigenvalue weighted by Gasteiger charge is 2.28. The van der Waals surface area contributed by atoms with Crippen molar-refractivity contribution in [3.05, 3.63) is 60.2 Å². The van der Waals surface area contributed by atoms with E-state index < -0.39 is 10.0 Å². The molecule has 0 atom stereocenters. The molecule has 2 aromatic carbocycles. The van der Waals surface area contributed by atoms with Crippen LogP contribution in [-0.4, -0.2) is 44.4 Å².